The Balaban J connectivity index is 1.93. The minimum absolute atomic E-state index is 0.00669. The van der Waals surface area contributed by atoms with Crippen molar-refractivity contribution in [2.24, 2.45) is 0 Å². The van der Waals surface area contributed by atoms with Crippen LogP contribution in [0.3, 0.4) is 0 Å². The van der Waals surface area contributed by atoms with Crippen molar-refractivity contribution in [2.75, 3.05) is 26.9 Å². The van der Waals surface area contributed by atoms with Gasteiger partial charge in [0.15, 0.2) is 0 Å². The van der Waals surface area contributed by atoms with Crippen molar-refractivity contribution < 1.29 is 23.8 Å². The molecular weight excluding hydrogens is 358 g/mol. The molecule has 0 aromatic heterocycles. The lowest BCUT2D eigenvalue weighted by Crippen LogP contribution is -2.33. The molecule has 0 radical (unpaired) electrons. The van der Waals surface area contributed by atoms with Crippen LogP contribution < -0.4 is 4.74 Å². The first-order valence-corrected chi connectivity index (χ1v) is 9.33. The molecule has 2 aliphatic heterocycles. The van der Waals surface area contributed by atoms with Crippen LogP contribution in [0.2, 0.25) is 0 Å². The fraction of sp³-hybridized carbons (Fsp3) is 0.364. The van der Waals surface area contributed by atoms with Crippen molar-refractivity contribution >= 4 is 18.0 Å². The first kappa shape index (κ1) is 19.9. The molecule has 148 valence electrons. The summed E-state index contributed by atoms with van der Waals surface area (Å²) in [4.78, 5) is 27.1. The van der Waals surface area contributed by atoms with Gasteiger partial charge in [-0.15, -0.1) is 0 Å². The van der Waals surface area contributed by atoms with Gasteiger partial charge in [-0.2, -0.15) is 0 Å². The number of ether oxygens (including phenoxy) is 3. The third kappa shape index (κ3) is 4.17. The normalized spacial score (nSPS) is 20.8. The summed E-state index contributed by atoms with van der Waals surface area (Å²) in [6, 6.07) is 7.33. The number of carbonyl (C=O) groups is 2. The van der Waals surface area contributed by atoms with E-state index in [1.807, 2.05) is 24.3 Å². The number of hydrogen-bond donors (Lipinski definition) is 0. The van der Waals surface area contributed by atoms with Gasteiger partial charge in [-0.05, 0) is 43.5 Å². The van der Waals surface area contributed by atoms with Crippen molar-refractivity contribution in [1.29, 1.82) is 0 Å². The lowest BCUT2D eigenvalue weighted by Gasteiger charge is -2.21. The zero-order valence-corrected chi connectivity index (χ0v) is 16.3. The van der Waals surface area contributed by atoms with E-state index in [4.69, 9.17) is 14.2 Å². The van der Waals surface area contributed by atoms with E-state index in [0.717, 1.165) is 18.4 Å². The average molecular weight is 383 g/mol. The monoisotopic (exact) mass is 383 g/mol. The minimum atomic E-state index is -0.522. The topological polar surface area (TPSA) is 65.1 Å². The molecule has 28 heavy (non-hydrogen) atoms. The molecule has 1 atom stereocenters. The van der Waals surface area contributed by atoms with Crippen LogP contribution in [0.5, 0.6) is 5.75 Å². The van der Waals surface area contributed by atoms with Crippen LogP contribution >= 0.6 is 0 Å². The highest BCUT2D eigenvalue weighted by atomic mass is 16.5. The van der Waals surface area contributed by atoms with Gasteiger partial charge in [0.05, 0.1) is 30.9 Å². The summed E-state index contributed by atoms with van der Waals surface area (Å²) in [5, 5.41) is 0. The van der Waals surface area contributed by atoms with Crippen LogP contribution in [0.4, 0.5) is 0 Å². The summed E-state index contributed by atoms with van der Waals surface area (Å²) in [7, 11) is 1.32. The Morgan fingerprint density at radius 2 is 2.25 bits per heavy atom. The number of esters is 1. The second kappa shape index (κ2) is 8.89. The van der Waals surface area contributed by atoms with E-state index in [2.05, 4.69) is 6.58 Å². The predicted molar refractivity (Wildman–Crippen MR) is 106 cm³/mol. The van der Waals surface area contributed by atoms with Gasteiger partial charge >= 0.3 is 5.97 Å². The number of methoxy groups -OCH3 is 1. The van der Waals surface area contributed by atoms with Crippen LogP contribution in [-0.2, 0) is 19.1 Å². The first-order valence-electron chi connectivity index (χ1n) is 9.33. The number of benzene rings is 1. The number of nitrogens with zero attached hydrogens (tertiary/aromatic N) is 1. The van der Waals surface area contributed by atoms with E-state index in [-0.39, 0.29) is 12.0 Å². The Bertz CT molecular complexity index is 833. The zero-order valence-electron chi connectivity index (χ0n) is 16.3. The van der Waals surface area contributed by atoms with Gasteiger partial charge in [0.25, 0.3) is 5.91 Å². The Morgan fingerprint density at radius 1 is 1.43 bits per heavy atom. The second-order valence-electron chi connectivity index (χ2n) is 6.73. The molecule has 1 fully saturated rings. The van der Waals surface area contributed by atoms with E-state index in [1.54, 1.807) is 24.0 Å². The Kier molecular flexibility index (Phi) is 6.31. The van der Waals surface area contributed by atoms with Gasteiger partial charge in [-0.1, -0.05) is 24.8 Å². The maximum Gasteiger partial charge on any atom is 0.340 e. The van der Waals surface area contributed by atoms with Gasteiger partial charge in [0, 0.05) is 12.3 Å². The van der Waals surface area contributed by atoms with Crippen LogP contribution in [-0.4, -0.2) is 49.7 Å². The van der Waals surface area contributed by atoms with Gasteiger partial charge in [0.2, 0.25) is 0 Å². The molecule has 0 spiro atoms. The molecule has 0 saturated carbocycles. The third-order valence-corrected chi connectivity index (χ3v) is 4.85. The van der Waals surface area contributed by atoms with Gasteiger partial charge in [-0.25, -0.2) is 4.79 Å². The van der Waals surface area contributed by atoms with Crippen LogP contribution in [0.15, 0.2) is 53.8 Å². The third-order valence-electron chi connectivity index (χ3n) is 4.85. The molecule has 1 amide bonds. The van der Waals surface area contributed by atoms with Crippen molar-refractivity contribution in [3.05, 3.63) is 59.3 Å². The van der Waals surface area contributed by atoms with Crippen molar-refractivity contribution in [2.45, 2.75) is 25.9 Å². The quantitative estimate of drug-likeness (QED) is 0.411. The molecule has 6 nitrogen and oxygen atoms in total. The molecule has 0 bridgehead atoms. The number of amides is 1. The fourth-order valence-corrected chi connectivity index (χ4v) is 3.46. The summed E-state index contributed by atoms with van der Waals surface area (Å²) in [6.45, 7) is 6.93. The van der Waals surface area contributed by atoms with E-state index in [1.165, 1.54) is 7.11 Å². The van der Waals surface area contributed by atoms with Crippen molar-refractivity contribution in [1.82, 2.24) is 4.90 Å². The van der Waals surface area contributed by atoms with E-state index in [9.17, 15) is 9.59 Å². The smallest absolute Gasteiger partial charge is 0.340 e. The Hall–Kier alpha value is -2.86. The van der Waals surface area contributed by atoms with Gasteiger partial charge < -0.3 is 19.1 Å². The van der Waals surface area contributed by atoms with Crippen LogP contribution in [0.1, 0.15) is 25.3 Å². The molecule has 2 aliphatic rings. The standard InChI is InChI=1S/C22H25NO5/c1-4-10-27-17-8-5-7-16(12-17)13-19-20(22(25)26-3)15(2)23(21(19)24)14-18-9-6-11-28-18/h4-5,7-8,12-13,18H,1,6,9-11,14H2,2-3H3/b19-13-/t18-/m1/s1. The Morgan fingerprint density at radius 3 is 2.93 bits per heavy atom. The summed E-state index contributed by atoms with van der Waals surface area (Å²) in [5.74, 6) is -0.0759. The number of rotatable bonds is 7. The SMILES string of the molecule is C=CCOc1cccc(/C=C2\C(=O)N(C[C@H]3CCCO3)C(C)=C2C(=O)OC)c1. The molecule has 2 heterocycles. The highest BCUT2D eigenvalue weighted by Gasteiger charge is 2.38. The number of carbonyl (C=O) groups excluding carboxylic acids is 2. The van der Waals surface area contributed by atoms with Gasteiger partial charge in [-0.3, -0.25) is 4.79 Å². The van der Waals surface area contributed by atoms with Crippen LogP contribution in [0, 0.1) is 0 Å². The second-order valence-corrected chi connectivity index (χ2v) is 6.73. The summed E-state index contributed by atoms with van der Waals surface area (Å²) >= 11 is 0. The van der Waals surface area contributed by atoms with E-state index in [0.29, 0.717) is 42.4 Å². The molecule has 1 aromatic rings. The fourth-order valence-electron chi connectivity index (χ4n) is 3.46. The van der Waals surface area contributed by atoms with E-state index < -0.39 is 5.97 Å². The predicted octanol–water partition coefficient (Wildman–Crippen LogP) is 3.10. The number of allylic oxidation sites excluding steroid dienone is 1. The summed E-state index contributed by atoms with van der Waals surface area (Å²) < 4.78 is 16.1. The summed E-state index contributed by atoms with van der Waals surface area (Å²) in [6.07, 6.45) is 5.25. The van der Waals surface area contributed by atoms with Crippen molar-refractivity contribution in [3.63, 3.8) is 0 Å². The average Bonchev–Trinajstić information content (AvgIpc) is 3.29. The van der Waals surface area contributed by atoms with Crippen molar-refractivity contribution in [3.8, 4) is 5.75 Å². The molecule has 1 aromatic carbocycles. The molecule has 0 N–H and O–H groups in total. The maximum absolute atomic E-state index is 13.1. The van der Waals surface area contributed by atoms with Gasteiger partial charge in [0.1, 0.15) is 12.4 Å². The zero-order chi connectivity index (χ0) is 20.1. The molecule has 1 saturated heterocycles. The molecule has 0 aliphatic carbocycles. The Labute approximate surface area is 165 Å². The number of hydrogen-bond acceptors (Lipinski definition) is 5. The first-order chi connectivity index (χ1) is 13.5. The molecule has 6 heteroatoms. The summed E-state index contributed by atoms with van der Waals surface area (Å²) in [5.41, 5.74) is 1.97. The highest BCUT2D eigenvalue weighted by Crippen LogP contribution is 2.33. The van der Waals surface area contributed by atoms with E-state index >= 15 is 0 Å². The molecular formula is C22H25NO5. The lowest BCUT2D eigenvalue weighted by atomic mass is 10.0. The molecule has 3 rings (SSSR count). The minimum Gasteiger partial charge on any atom is -0.490 e. The van der Waals surface area contributed by atoms with Crippen LogP contribution in [0.25, 0.3) is 6.08 Å². The maximum atomic E-state index is 13.1. The molecule has 0 unspecified atom stereocenters. The lowest BCUT2D eigenvalue weighted by molar-refractivity contribution is -0.136. The largest absolute Gasteiger partial charge is 0.490 e. The highest BCUT2D eigenvalue weighted by molar-refractivity contribution is 6.16.